The van der Waals surface area contributed by atoms with Crippen molar-refractivity contribution < 1.29 is 0 Å². The molecule has 1 atom stereocenters. The van der Waals surface area contributed by atoms with Gasteiger partial charge in [0.15, 0.2) is 12.0 Å². The molecule has 8 nitrogen and oxygen atoms in total. The fraction of sp³-hybridized carbons (Fsp3) is 0.429. The molecule has 0 radical (unpaired) electrons. The number of aromatic nitrogens is 3. The van der Waals surface area contributed by atoms with Gasteiger partial charge in [0.05, 0.1) is 15.9 Å². The van der Waals surface area contributed by atoms with Crippen molar-refractivity contribution in [2.45, 2.75) is 45.2 Å². The van der Waals surface area contributed by atoms with Crippen LogP contribution in [0.15, 0.2) is 56.3 Å². The summed E-state index contributed by atoms with van der Waals surface area (Å²) in [6.07, 6.45) is 10.6. The highest BCUT2D eigenvalue weighted by Gasteiger charge is 2.34. The lowest BCUT2D eigenvalue weighted by Gasteiger charge is -2.28. The summed E-state index contributed by atoms with van der Waals surface area (Å²) in [7, 11) is 0. The van der Waals surface area contributed by atoms with Gasteiger partial charge in [-0.25, -0.2) is 24.7 Å². The third-order valence-electron chi connectivity index (χ3n) is 5.69. The highest BCUT2D eigenvalue weighted by Crippen LogP contribution is 2.30. The smallest absolute Gasteiger partial charge is 0.215 e. The van der Waals surface area contributed by atoms with E-state index in [1.54, 1.807) is 6.20 Å². The summed E-state index contributed by atoms with van der Waals surface area (Å²) in [5, 5.41) is 6.54. The van der Waals surface area contributed by atoms with E-state index in [1.165, 1.54) is 18.4 Å². The average Bonchev–Trinajstić information content (AvgIpc) is 3.50. The molecule has 2 aromatic rings. The Balaban J connectivity index is 1.46. The van der Waals surface area contributed by atoms with E-state index in [-0.39, 0.29) is 6.17 Å². The lowest BCUT2D eigenvalue weighted by molar-refractivity contribution is 0.333. The minimum Gasteiger partial charge on any atom is -0.342 e. The van der Waals surface area contributed by atoms with E-state index in [4.69, 9.17) is 9.98 Å². The molecule has 0 aliphatic carbocycles. The number of allylic oxidation sites excluding steroid dienone is 1. The van der Waals surface area contributed by atoms with Crippen molar-refractivity contribution in [3.8, 4) is 5.82 Å². The number of halogens is 1. The largest absolute Gasteiger partial charge is 0.342 e. The molecule has 0 bridgehead atoms. The fourth-order valence-corrected chi connectivity index (χ4v) is 4.65. The number of hydrazine groups is 1. The minimum atomic E-state index is -0.0222. The summed E-state index contributed by atoms with van der Waals surface area (Å²) in [5.74, 6) is 1.76. The number of pyridine rings is 1. The number of fused-ring (bicyclic) bond motifs is 1. The minimum absolute atomic E-state index is 0.0222. The van der Waals surface area contributed by atoms with Gasteiger partial charge >= 0.3 is 0 Å². The summed E-state index contributed by atoms with van der Waals surface area (Å²) in [6, 6.07) is 5.91. The standard InChI is InChI=1S/C21H25BrN8/c1-2-6-16-18(13-15-8-10-25-30(15)20-17(22)7-5-9-23-20)24-14-29-19(16)26-21(27-29)28-11-3-4-12-28/h5,7-10,14,19H,2-4,6,11-13H2,1H3,(H,26,27). The van der Waals surface area contributed by atoms with E-state index in [2.05, 4.69) is 43.3 Å². The Morgan fingerprint density at radius 2 is 2.07 bits per heavy atom. The van der Waals surface area contributed by atoms with Crippen LogP contribution < -0.4 is 5.43 Å². The molecular formula is C21H25BrN8. The van der Waals surface area contributed by atoms with E-state index < -0.39 is 0 Å². The Morgan fingerprint density at radius 1 is 1.20 bits per heavy atom. The van der Waals surface area contributed by atoms with Gasteiger partial charge in [-0.3, -0.25) is 5.43 Å². The molecule has 0 saturated carbocycles. The predicted octanol–water partition coefficient (Wildman–Crippen LogP) is 3.27. The van der Waals surface area contributed by atoms with Gasteiger partial charge in [-0.1, -0.05) is 13.3 Å². The molecule has 1 fully saturated rings. The first-order valence-corrected chi connectivity index (χ1v) is 11.3. The molecule has 0 aromatic carbocycles. The number of nitrogens with zero attached hydrogens (tertiary/aromatic N) is 7. The summed E-state index contributed by atoms with van der Waals surface area (Å²) in [5.41, 5.74) is 6.84. The van der Waals surface area contributed by atoms with Gasteiger partial charge in [0, 0.05) is 31.9 Å². The zero-order chi connectivity index (χ0) is 20.5. The maximum atomic E-state index is 5.03. The molecule has 156 valence electrons. The molecule has 30 heavy (non-hydrogen) atoms. The Bertz CT molecular complexity index is 1020. The van der Waals surface area contributed by atoms with Crippen LogP contribution in [0.3, 0.4) is 0 Å². The highest BCUT2D eigenvalue weighted by atomic mass is 79.9. The fourth-order valence-electron chi connectivity index (χ4n) is 4.23. The van der Waals surface area contributed by atoms with Crippen LogP contribution >= 0.6 is 15.9 Å². The van der Waals surface area contributed by atoms with Crippen molar-refractivity contribution in [2.75, 3.05) is 13.1 Å². The summed E-state index contributed by atoms with van der Waals surface area (Å²) < 4.78 is 2.80. The molecule has 9 heteroatoms. The molecule has 1 saturated heterocycles. The molecular weight excluding hydrogens is 444 g/mol. The van der Waals surface area contributed by atoms with E-state index >= 15 is 0 Å². The molecule has 3 aliphatic rings. The maximum absolute atomic E-state index is 5.03. The van der Waals surface area contributed by atoms with Crippen LogP contribution in [0.2, 0.25) is 0 Å². The van der Waals surface area contributed by atoms with E-state index in [0.29, 0.717) is 6.42 Å². The van der Waals surface area contributed by atoms with Crippen LogP contribution in [0.5, 0.6) is 0 Å². The van der Waals surface area contributed by atoms with Crippen molar-refractivity contribution in [1.82, 2.24) is 30.1 Å². The van der Waals surface area contributed by atoms with Gasteiger partial charge in [-0.2, -0.15) is 5.10 Å². The number of guanidine groups is 1. The first-order valence-electron chi connectivity index (χ1n) is 10.5. The van der Waals surface area contributed by atoms with E-state index in [0.717, 1.165) is 53.6 Å². The molecule has 3 aliphatic heterocycles. The normalized spacial score (nSPS) is 20.6. The molecule has 5 heterocycles. The second kappa shape index (κ2) is 8.22. The van der Waals surface area contributed by atoms with Crippen LogP contribution in [-0.4, -0.2) is 56.2 Å². The number of nitrogens with one attached hydrogen (secondary N) is 1. The third-order valence-corrected chi connectivity index (χ3v) is 6.31. The van der Waals surface area contributed by atoms with Crippen LogP contribution in [0.1, 0.15) is 38.3 Å². The zero-order valence-electron chi connectivity index (χ0n) is 17.0. The molecule has 0 spiro atoms. The highest BCUT2D eigenvalue weighted by molar-refractivity contribution is 9.10. The second-order valence-corrected chi connectivity index (χ2v) is 8.58. The molecule has 1 N–H and O–H groups in total. The molecule has 2 aromatic heterocycles. The monoisotopic (exact) mass is 468 g/mol. The second-order valence-electron chi connectivity index (χ2n) is 7.73. The topological polar surface area (TPSA) is 73.9 Å². The molecule has 1 unspecified atom stereocenters. The lowest BCUT2D eigenvalue weighted by atomic mass is 10.0. The maximum Gasteiger partial charge on any atom is 0.215 e. The van der Waals surface area contributed by atoms with Gasteiger partial charge in [0.2, 0.25) is 5.96 Å². The SMILES string of the molecule is CCCC1=C(Cc2ccnn2-c2ncccc2Br)N=CN2NC(N3CCCC3)=NC12. The van der Waals surface area contributed by atoms with Gasteiger partial charge in [-0.05, 0) is 59.0 Å². The number of hydrogen-bond acceptors (Lipinski definition) is 7. The van der Waals surface area contributed by atoms with Crippen molar-refractivity contribution >= 4 is 28.2 Å². The van der Waals surface area contributed by atoms with Gasteiger partial charge < -0.3 is 4.90 Å². The predicted molar refractivity (Wildman–Crippen MR) is 120 cm³/mol. The van der Waals surface area contributed by atoms with E-state index in [9.17, 15) is 0 Å². The Morgan fingerprint density at radius 3 is 2.87 bits per heavy atom. The van der Waals surface area contributed by atoms with Crippen molar-refractivity contribution in [1.29, 1.82) is 0 Å². The van der Waals surface area contributed by atoms with Crippen molar-refractivity contribution in [3.63, 3.8) is 0 Å². The van der Waals surface area contributed by atoms with Crippen LogP contribution in [-0.2, 0) is 6.42 Å². The number of likely N-dealkylation sites (tertiary alicyclic amines) is 1. The summed E-state index contributed by atoms with van der Waals surface area (Å²) >= 11 is 3.59. The Hall–Kier alpha value is -2.68. The first-order chi connectivity index (χ1) is 14.7. The van der Waals surface area contributed by atoms with E-state index in [1.807, 2.05) is 40.4 Å². The lowest BCUT2D eigenvalue weighted by Crippen LogP contribution is -2.46. The van der Waals surface area contributed by atoms with Crippen LogP contribution in [0.4, 0.5) is 0 Å². The number of hydrogen-bond donors (Lipinski definition) is 1. The quantitative estimate of drug-likeness (QED) is 0.728. The van der Waals surface area contributed by atoms with Crippen molar-refractivity contribution in [2.24, 2.45) is 9.98 Å². The average molecular weight is 469 g/mol. The van der Waals surface area contributed by atoms with Crippen LogP contribution in [0.25, 0.3) is 5.82 Å². The number of aliphatic imine (C=N–C) groups is 2. The molecule has 5 rings (SSSR count). The zero-order valence-corrected chi connectivity index (χ0v) is 18.6. The van der Waals surface area contributed by atoms with Gasteiger partial charge in [0.25, 0.3) is 0 Å². The summed E-state index contributed by atoms with van der Waals surface area (Å²) in [6.45, 7) is 4.35. The first kappa shape index (κ1) is 19.3. The molecule has 0 amide bonds. The van der Waals surface area contributed by atoms with Crippen LogP contribution in [0, 0.1) is 0 Å². The van der Waals surface area contributed by atoms with Crippen molar-refractivity contribution in [3.05, 3.63) is 52.0 Å². The van der Waals surface area contributed by atoms with Gasteiger partial charge in [0.1, 0.15) is 6.34 Å². The Kier molecular flexibility index (Phi) is 5.28. The Labute approximate surface area is 184 Å². The summed E-state index contributed by atoms with van der Waals surface area (Å²) in [4.78, 5) is 16.7. The third kappa shape index (κ3) is 3.51. The van der Waals surface area contributed by atoms with Gasteiger partial charge in [-0.15, -0.1) is 0 Å². The number of rotatable bonds is 5.